The normalized spacial score (nSPS) is 17.5. The van der Waals surface area contributed by atoms with Crippen LogP contribution in [0.3, 0.4) is 0 Å². The monoisotopic (exact) mass is 500 g/mol. The minimum atomic E-state index is -4.12. The number of carbonyl (C=O) groups excluding carboxylic acids is 1. The second-order valence-electron chi connectivity index (χ2n) is 9.34. The number of nitro groups is 1. The molecule has 2 aliphatic rings. The second-order valence-corrected chi connectivity index (χ2v) is 11.2. The van der Waals surface area contributed by atoms with Crippen molar-refractivity contribution in [3.8, 4) is 0 Å². The Morgan fingerprint density at radius 1 is 0.914 bits per heavy atom. The summed E-state index contributed by atoms with van der Waals surface area (Å²) in [6.07, 6.45) is 10.2. The van der Waals surface area contributed by atoms with Crippen LogP contribution in [-0.4, -0.2) is 30.7 Å². The molecule has 0 unspecified atom stereocenters. The van der Waals surface area contributed by atoms with Crippen molar-refractivity contribution in [2.45, 2.75) is 82.2 Å². The first kappa shape index (κ1) is 25.3. The summed E-state index contributed by atoms with van der Waals surface area (Å²) in [5.74, 6) is -0.406. The molecule has 1 aliphatic carbocycles. The Bertz CT molecular complexity index is 1220. The van der Waals surface area contributed by atoms with E-state index in [-0.39, 0.29) is 18.0 Å². The second kappa shape index (κ2) is 10.9. The van der Waals surface area contributed by atoms with Crippen molar-refractivity contribution in [1.29, 1.82) is 0 Å². The summed E-state index contributed by atoms with van der Waals surface area (Å²) in [5, 5.41) is 11.5. The van der Waals surface area contributed by atoms with Crippen LogP contribution in [0.15, 0.2) is 35.2 Å². The van der Waals surface area contributed by atoms with E-state index in [1.165, 1.54) is 54.9 Å². The summed E-state index contributed by atoms with van der Waals surface area (Å²) in [4.78, 5) is 23.3. The Balaban J connectivity index is 1.79. The van der Waals surface area contributed by atoms with Gasteiger partial charge < -0.3 is 4.74 Å². The van der Waals surface area contributed by atoms with E-state index in [1.807, 2.05) is 6.07 Å². The molecule has 4 rings (SSSR count). The van der Waals surface area contributed by atoms with Gasteiger partial charge in [0.2, 0.25) is 0 Å². The molecule has 9 heteroatoms. The lowest BCUT2D eigenvalue weighted by Gasteiger charge is -2.17. The molecule has 8 nitrogen and oxygen atoms in total. The maximum atomic E-state index is 13.6. The molecule has 2 bridgehead atoms. The number of aryl methyl sites for hydroxylation is 1. The Hall–Kier alpha value is -2.78. The largest absolute Gasteiger partial charge is 0.465 e. The number of hydrogen-bond acceptors (Lipinski definition) is 6. The van der Waals surface area contributed by atoms with Crippen LogP contribution >= 0.6 is 0 Å². The standard InChI is InChI=1S/C26H32N2O6S/c1-34-26(29)21-16-19-12-8-6-4-2-3-5-7-9-13-20(21)23-18-27(17-22(19)23)35(32,33)25-15-11-10-14-24(25)28(30)31/h10-11,14-16H,2-9,12-13,17-18H2,1H3. The number of ether oxygens (including phenoxy) is 1. The van der Waals surface area contributed by atoms with Crippen LogP contribution in [0.1, 0.15) is 84.0 Å². The van der Waals surface area contributed by atoms with Crippen molar-refractivity contribution in [3.05, 3.63) is 68.3 Å². The highest BCUT2D eigenvalue weighted by Gasteiger charge is 2.38. The predicted molar refractivity (Wildman–Crippen MR) is 132 cm³/mol. The van der Waals surface area contributed by atoms with E-state index >= 15 is 0 Å². The zero-order valence-electron chi connectivity index (χ0n) is 20.1. The van der Waals surface area contributed by atoms with Gasteiger partial charge in [0.25, 0.3) is 15.7 Å². The average Bonchev–Trinajstić information content (AvgIpc) is 3.31. The van der Waals surface area contributed by atoms with Gasteiger partial charge in [-0.15, -0.1) is 0 Å². The molecule has 188 valence electrons. The number of carbonyl (C=O) groups is 1. The third-order valence-corrected chi connectivity index (χ3v) is 8.98. The average molecular weight is 501 g/mol. The maximum Gasteiger partial charge on any atom is 0.338 e. The number of benzene rings is 2. The van der Waals surface area contributed by atoms with Crippen molar-refractivity contribution in [2.24, 2.45) is 0 Å². The van der Waals surface area contributed by atoms with Crippen molar-refractivity contribution in [2.75, 3.05) is 7.11 Å². The predicted octanol–water partition coefficient (Wildman–Crippen LogP) is 5.31. The van der Waals surface area contributed by atoms with Crippen molar-refractivity contribution in [1.82, 2.24) is 4.31 Å². The highest BCUT2D eigenvalue weighted by molar-refractivity contribution is 7.89. The number of sulfonamides is 1. The van der Waals surface area contributed by atoms with Gasteiger partial charge in [0.1, 0.15) is 0 Å². The molecule has 2 aromatic carbocycles. The molecule has 0 aromatic heterocycles. The van der Waals surface area contributed by atoms with Crippen molar-refractivity contribution in [3.63, 3.8) is 0 Å². The highest BCUT2D eigenvalue weighted by Crippen LogP contribution is 2.38. The van der Waals surface area contributed by atoms with Crippen LogP contribution in [0.2, 0.25) is 0 Å². The number of nitrogens with zero attached hydrogens (tertiary/aromatic N) is 2. The molecule has 2 aromatic rings. The number of para-hydroxylation sites is 1. The van der Waals surface area contributed by atoms with E-state index in [0.717, 1.165) is 60.8 Å². The first-order chi connectivity index (χ1) is 16.8. The molecule has 0 atom stereocenters. The van der Waals surface area contributed by atoms with E-state index in [1.54, 1.807) is 0 Å². The van der Waals surface area contributed by atoms with Gasteiger partial charge in [-0.05, 0) is 60.1 Å². The van der Waals surface area contributed by atoms with Gasteiger partial charge in [-0.2, -0.15) is 4.31 Å². The van der Waals surface area contributed by atoms with Gasteiger partial charge in [0.05, 0.1) is 17.6 Å². The number of esters is 1. The summed E-state index contributed by atoms with van der Waals surface area (Å²) >= 11 is 0. The molecule has 0 radical (unpaired) electrons. The Kier molecular flexibility index (Phi) is 7.86. The summed E-state index contributed by atoms with van der Waals surface area (Å²) < 4.78 is 33.6. The summed E-state index contributed by atoms with van der Waals surface area (Å²) in [6.45, 7) is 0.240. The van der Waals surface area contributed by atoms with Gasteiger partial charge in [-0.3, -0.25) is 10.1 Å². The summed E-state index contributed by atoms with van der Waals surface area (Å²) in [7, 11) is -2.76. The molecule has 35 heavy (non-hydrogen) atoms. The molecule has 0 N–H and O–H groups in total. The van der Waals surface area contributed by atoms with Gasteiger partial charge in [0, 0.05) is 19.2 Å². The molecule has 1 aliphatic heterocycles. The smallest absolute Gasteiger partial charge is 0.338 e. The van der Waals surface area contributed by atoms with Crippen LogP contribution in [-0.2, 0) is 40.7 Å². The molecule has 0 saturated carbocycles. The summed E-state index contributed by atoms with van der Waals surface area (Å²) in [5.41, 5.74) is 3.71. The third-order valence-electron chi connectivity index (χ3n) is 7.14. The van der Waals surface area contributed by atoms with Crippen LogP contribution in [0.5, 0.6) is 0 Å². The van der Waals surface area contributed by atoms with Crippen LogP contribution in [0, 0.1) is 10.1 Å². The van der Waals surface area contributed by atoms with E-state index in [4.69, 9.17) is 4.74 Å². The van der Waals surface area contributed by atoms with Crippen LogP contribution < -0.4 is 0 Å². The Labute approximate surface area is 206 Å². The van der Waals surface area contributed by atoms with Crippen LogP contribution in [0.4, 0.5) is 5.69 Å². The van der Waals surface area contributed by atoms with Crippen molar-refractivity contribution < 1.29 is 22.9 Å². The lowest BCUT2D eigenvalue weighted by molar-refractivity contribution is -0.387. The van der Waals surface area contributed by atoms with E-state index in [9.17, 15) is 23.3 Å². The molecular formula is C26H32N2O6S. The van der Waals surface area contributed by atoms with Gasteiger partial charge >= 0.3 is 5.97 Å². The van der Waals surface area contributed by atoms with E-state index in [2.05, 4.69) is 0 Å². The zero-order chi connectivity index (χ0) is 25.0. The Morgan fingerprint density at radius 2 is 1.51 bits per heavy atom. The lowest BCUT2D eigenvalue weighted by atomic mass is 9.87. The number of nitro benzene ring substituents is 1. The van der Waals surface area contributed by atoms with Crippen molar-refractivity contribution >= 4 is 21.7 Å². The maximum absolute atomic E-state index is 13.6. The topological polar surface area (TPSA) is 107 Å². The van der Waals surface area contributed by atoms with Gasteiger partial charge in [0.15, 0.2) is 4.90 Å². The first-order valence-corrected chi connectivity index (χ1v) is 13.8. The fraction of sp³-hybridized carbons (Fsp3) is 0.500. The molecule has 0 saturated heterocycles. The zero-order valence-corrected chi connectivity index (χ0v) is 20.9. The number of rotatable bonds is 4. The molecule has 1 heterocycles. The lowest BCUT2D eigenvalue weighted by Crippen LogP contribution is -2.26. The fourth-order valence-corrected chi connectivity index (χ4v) is 6.83. The van der Waals surface area contributed by atoms with E-state index in [0.29, 0.717) is 12.0 Å². The molecular weight excluding hydrogens is 468 g/mol. The fourth-order valence-electron chi connectivity index (χ4n) is 5.30. The number of hydrogen-bond donors (Lipinski definition) is 0. The molecule has 0 spiro atoms. The van der Waals surface area contributed by atoms with Crippen LogP contribution in [0.25, 0.3) is 0 Å². The molecule has 0 fully saturated rings. The third kappa shape index (κ3) is 5.26. The van der Waals surface area contributed by atoms with Gasteiger partial charge in [-0.1, -0.05) is 50.7 Å². The SMILES string of the molecule is COC(=O)c1cc2c3c(c1CCCCCCCCCC2)CN(S(=O)(=O)c1ccccc1[N+](=O)[O-])C3. The minimum Gasteiger partial charge on any atom is -0.465 e. The summed E-state index contributed by atoms with van der Waals surface area (Å²) in [6, 6.07) is 7.35. The first-order valence-electron chi connectivity index (χ1n) is 12.3. The minimum absolute atomic E-state index is 0.0941. The molecule has 0 amide bonds. The van der Waals surface area contributed by atoms with Gasteiger partial charge in [-0.25, -0.2) is 13.2 Å². The quantitative estimate of drug-likeness (QED) is 0.320. The number of methoxy groups -OCH3 is 1. The Morgan fingerprint density at radius 3 is 2.17 bits per heavy atom. The highest BCUT2D eigenvalue weighted by atomic mass is 32.2. The van der Waals surface area contributed by atoms with E-state index < -0.39 is 26.6 Å².